The van der Waals surface area contributed by atoms with Crippen molar-refractivity contribution in [3.05, 3.63) is 24.3 Å². The van der Waals surface area contributed by atoms with Crippen molar-refractivity contribution in [1.29, 1.82) is 0 Å². The summed E-state index contributed by atoms with van der Waals surface area (Å²) in [7, 11) is 2.12. The summed E-state index contributed by atoms with van der Waals surface area (Å²) in [5.41, 5.74) is 1.65. The maximum absolute atomic E-state index is 12.8. The number of urea groups is 1. The predicted octanol–water partition coefficient (Wildman–Crippen LogP) is 2.55. The van der Waals surface area contributed by atoms with Crippen molar-refractivity contribution in [3.8, 4) is 0 Å². The Morgan fingerprint density at radius 1 is 1.12 bits per heavy atom. The minimum absolute atomic E-state index is 0.0667. The van der Waals surface area contributed by atoms with E-state index >= 15 is 0 Å². The number of carbonyl (C=O) groups is 2. The Morgan fingerprint density at radius 3 is 2.38 bits per heavy atom. The van der Waals surface area contributed by atoms with Gasteiger partial charge in [0.25, 0.3) is 0 Å². The summed E-state index contributed by atoms with van der Waals surface area (Å²) in [6.07, 6.45) is 1.65. The third-order valence-electron chi connectivity index (χ3n) is 5.17. The van der Waals surface area contributed by atoms with Crippen LogP contribution in [-0.2, 0) is 4.79 Å². The van der Waals surface area contributed by atoms with Gasteiger partial charge < -0.3 is 15.1 Å². The van der Waals surface area contributed by atoms with E-state index in [0.29, 0.717) is 37.9 Å². The number of carbonyl (C=O) groups excluding carboxylic acids is 2. The second-order valence-corrected chi connectivity index (χ2v) is 7.89. The van der Waals surface area contributed by atoms with Gasteiger partial charge in [0, 0.05) is 32.6 Å². The van der Waals surface area contributed by atoms with Crippen LogP contribution in [0.25, 0.3) is 0 Å². The molecule has 6 heteroatoms. The molecule has 0 aliphatic carbocycles. The zero-order chi connectivity index (χ0) is 18.7. The fourth-order valence-electron chi connectivity index (χ4n) is 3.81. The van der Waals surface area contributed by atoms with E-state index in [9.17, 15) is 9.59 Å². The quantitative estimate of drug-likeness (QED) is 0.900. The van der Waals surface area contributed by atoms with Crippen molar-refractivity contribution < 1.29 is 9.59 Å². The molecule has 1 N–H and O–H groups in total. The number of para-hydroxylation sites is 2. The van der Waals surface area contributed by atoms with E-state index in [1.807, 2.05) is 43.0 Å². The number of benzene rings is 1. The van der Waals surface area contributed by atoms with Crippen LogP contribution in [0.1, 0.15) is 26.7 Å². The van der Waals surface area contributed by atoms with Crippen LogP contribution in [0, 0.1) is 11.8 Å². The lowest BCUT2D eigenvalue weighted by Crippen LogP contribution is -2.50. The molecule has 1 aromatic rings. The summed E-state index contributed by atoms with van der Waals surface area (Å²) >= 11 is 0. The molecule has 1 saturated heterocycles. The molecule has 0 spiro atoms. The minimum Gasteiger partial charge on any atom is -0.337 e. The zero-order valence-corrected chi connectivity index (χ0v) is 16.1. The van der Waals surface area contributed by atoms with Crippen molar-refractivity contribution in [2.24, 2.45) is 11.8 Å². The van der Waals surface area contributed by atoms with Crippen LogP contribution >= 0.6 is 0 Å². The fourth-order valence-corrected chi connectivity index (χ4v) is 3.81. The molecule has 26 heavy (non-hydrogen) atoms. The normalized spacial score (nSPS) is 20.4. The summed E-state index contributed by atoms with van der Waals surface area (Å²) in [6.45, 7) is 8.01. The first kappa shape index (κ1) is 18.7. The molecule has 2 aliphatic heterocycles. The summed E-state index contributed by atoms with van der Waals surface area (Å²) in [5.74, 6) is 0.968. The zero-order valence-electron chi connectivity index (χ0n) is 16.1. The van der Waals surface area contributed by atoms with Crippen molar-refractivity contribution in [2.75, 3.05) is 49.6 Å². The molecular weight excluding hydrogens is 328 g/mol. The molecule has 2 aliphatic rings. The number of rotatable bonds is 4. The SMILES string of the molecule is CC(C)CC(=O)N1CCN(C(=O)NCC2CCN(C)C2)c2ccccc21. The highest BCUT2D eigenvalue weighted by atomic mass is 16.2. The first-order valence-corrected chi connectivity index (χ1v) is 9.59. The van der Waals surface area contributed by atoms with Crippen molar-refractivity contribution in [1.82, 2.24) is 10.2 Å². The number of nitrogens with zero attached hydrogens (tertiary/aromatic N) is 3. The lowest BCUT2D eigenvalue weighted by Gasteiger charge is -2.37. The summed E-state index contributed by atoms with van der Waals surface area (Å²) in [6, 6.07) is 7.63. The minimum atomic E-state index is -0.0667. The van der Waals surface area contributed by atoms with Crippen LogP contribution in [-0.4, -0.2) is 56.6 Å². The molecule has 6 nitrogen and oxygen atoms in total. The predicted molar refractivity (Wildman–Crippen MR) is 105 cm³/mol. The molecule has 0 saturated carbocycles. The van der Waals surface area contributed by atoms with Gasteiger partial charge in [-0.25, -0.2) is 4.79 Å². The molecule has 0 bridgehead atoms. The number of likely N-dealkylation sites (tertiary alicyclic amines) is 1. The Hall–Kier alpha value is -2.08. The average molecular weight is 358 g/mol. The van der Waals surface area contributed by atoms with Gasteiger partial charge in [-0.15, -0.1) is 0 Å². The van der Waals surface area contributed by atoms with E-state index in [1.54, 1.807) is 4.90 Å². The highest BCUT2D eigenvalue weighted by Gasteiger charge is 2.30. The molecule has 142 valence electrons. The van der Waals surface area contributed by atoms with Crippen LogP contribution in [0.3, 0.4) is 0 Å². The largest absolute Gasteiger partial charge is 0.337 e. The average Bonchev–Trinajstić information content (AvgIpc) is 3.03. The monoisotopic (exact) mass is 358 g/mol. The summed E-state index contributed by atoms with van der Waals surface area (Å²) < 4.78 is 0. The highest BCUT2D eigenvalue weighted by molar-refractivity contribution is 6.03. The van der Waals surface area contributed by atoms with Gasteiger partial charge >= 0.3 is 6.03 Å². The van der Waals surface area contributed by atoms with E-state index < -0.39 is 0 Å². The molecular formula is C20H30N4O2. The standard InChI is InChI=1S/C20H30N4O2/c1-15(2)12-19(25)23-10-11-24(18-7-5-4-6-17(18)23)20(26)21-13-16-8-9-22(3)14-16/h4-7,15-16H,8-14H2,1-3H3,(H,21,26). The number of amides is 3. The van der Waals surface area contributed by atoms with Crippen molar-refractivity contribution in [2.45, 2.75) is 26.7 Å². The maximum Gasteiger partial charge on any atom is 0.322 e. The Morgan fingerprint density at radius 2 is 1.77 bits per heavy atom. The number of hydrogen-bond donors (Lipinski definition) is 1. The summed E-state index contributed by atoms with van der Waals surface area (Å²) in [4.78, 5) is 31.2. The maximum atomic E-state index is 12.8. The second kappa shape index (κ2) is 8.08. The lowest BCUT2D eigenvalue weighted by atomic mass is 10.1. The number of fused-ring (bicyclic) bond motifs is 1. The number of anilines is 2. The fraction of sp³-hybridized carbons (Fsp3) is 0.600. The molecule has 2 heterocycles. The molecule has 0 aromatic heterocycles. The van der Waals surface area contributed by atoms with Gasteiger partial charge in [0.15, 0.2) is 0 Å². The van der Waals surface area contributed by atoms with E-state index in [1.165, 1.54) is 0 Å². The molecule has 1 aromatic carbocycles. The third kappa shape index (κ3) is 4.18. The van der Waals surface area contributed by atoms with Crippen molar-refractivity contribution >= 4 is 23.3 Å². The molecule has 3 amide bonds. The van der Waals surface area contributed by atoms with Gasteiger partial charge in [-0.3, -0.25) is 9.69 Å². The molecule has 1 fully saturated rings. The molecule has 0 radical (unpaired) electrons. The van der Waals surface area contributed by atoms with Crippen LogP contribution in [0.15, 0.2) is 24.3 Å². The highest BCUT2D eigenvalue weighted by Crippen LogP contribution is 2.33. The number of nitrogens with one attached hydrogen (secondary N) is 1. The molecule has 1 unspecified atom stereocenters. The van der Waals surface area contributed by atoms with Gasteiger partial charge in [0.2, 0.25) is 5.91 Å². The Bertz CT molecular complexity index is 661. The Balaban J connectivity index is 1.68. The van der Waals surface area contributed by atoms with Crippen LogP contribution in [0.4, 0.5) is 16.2 Å². The van der Waals surface area contributed by atoms with Gasteiger partial charge in [-0.05, 0) is 44.0 Å². The number of hydrogen-bond acceptors (Lipinski definition) is 3. The van der Waals surface area contributed by atoms with Gasteiger partial charge in [-0.1, -0.05) is 26.0 Å². The van der Waals surface area contributed by atoms with E-state index in [2.05, 4.69) is 17.3 Å². The van der Waals surface area contributed by atoms with E-state index in [-0.39, 0.29) is 11.9 Å². The smallest absolute Gasteiger partial charge is 0.322 e. The van der Waals surface area contributed by atoms with Crippen LogP contribution < -0.4 is 15.1 Å². The van der Waals surface area contributed by atoms with Gasteiger partial charge in [0.1, 0.15) is 0 Å². The van der Waals surface area contributed by atoms with E-state index in [4.69, 9.17) is 0 Å². The van der Waals surface area contributed by atoms with Gasteiger partial charge in [-0.2, -0.15) is 0 Å². The van der Waals surface area contributed by atoms with E-state index in [0.717, 1.165) is 30.9 Å². The van der Waals surface area contributed by atoms with Crippen LogP contribution in [0.5, 0.6) is 0 Å². The van der Waals surface area contributed by atoms with Gasteiger partial charge in [0.05, 0.1) is 11.4 Å². The second-order valence-electron chi connectivity index (χ2n) is 7.89. The third-order valence-corrected chi connectivity index (χ3v) is 5.17. The summed E-state index contributed by atoms with van der Waals surface area (Å²) in [5, 5.41) is 3.09. The first-order valence-electron chi connectivity index (χ1n) is 9.59. The first-order chi connectivity index (χ1) is 12.5. The lowest BCUT2D eigenvalue weighted by molar-refractivity contribution is -0.119. The Labute approximate surface area is 156 Å². The Kier molecular flexibility index (Phi) is 5.81. The topological polar surface area (TPSA) is 55.9 Å². The van der Waals surface area contributed by atoms with Crippen molar-refractivity contribution in [3.63, 3.8) is 0 Å². The molecule has 1 atom stereocenters. The van der Waals surface area contributed by atoms with Crippen LogP contribution in [0.2, 0.25) is 0 Å². The molecule has 3 rings (SSSR count).